The van der Waals surface area contributed by atoms with E-state index in [-0.39, 0.29) is 5.41 Å². The van der Waals surface area contributed by atoms with Crippen LogP contribution in [-0.4, -0.2) is 14.5 Å². The van der Waals surface area contributed by atoms with Crippen LogP contribution in [0, 0.1) is 0 Å². The van der Waals surface area contributed by atoms with Gasteiger partial charge in [-0.3, -0.25) is 4.57 Å². The van der Waals surface area contributed by atoms with Gasteiger partial charge in [-0.1, -0.05) is 129 Å². The number of rotatable bonds is 2. The number of hydrogen-bond acceptors (Lipinski definition) is 2. The average molecular weight is 588 g/mol. The lowest BCUT2D eigenvalue weighted by Gasteiger charge is -2.35. The quantitative estimate of drug-likeness (QED) is 0.201. The van der Waals surface area contributed by atoms with Crippen molar-refractivity contribution in [1.82, 2.24) is 14.5 Å². The van der Waals surface area contributed by atoms with Crippen molar-refractivity contribution in [2.45, 2.75) is 19.3 Å². The Balaban J connectivity index is 1.39. The van der Waals surface area contributed by atoms with Crippen LogP contribution < -0.4 is 0 Å². The van der Waals surface area contributed by atoms with Gasteiger partial charge in [0.25, 0.3) is 0 Å². The predicted molar refractivity (Wildman–Crippen MR) is 192 cm³/mol. The fourth-order valence-corrected chi connectivity index (χ4v) is 8.00. The Morgan fingerprint density at radius 1 is 0.543 bits per heavy atom. The highest BCUT2D eigenvalue weighted by atomic mass is 15.2. The molecule has 1 aliphatic rings. The first-order chi connectivity index (χ1) is 22.6. The van der Waals surface area contributed by atoms with E-state index in [1.54, 1.807) is 0 Å². The molecule has 0 bridgehead atoms. The van der Waals surface area contributed by atoms with Crippen molar-refractivity contribution >= 4 is 54.3 Å². The minimum absolute atomic E-state index is 0.129. The Bertz CT molecular complexity index is 2730. The zero-order chi connectivity index (χ0) is 30.6. The van der Waals surface area contributed by atoms with Crippen molar-refractivity contribution < 1.29 is 0 Å². The number of hydrogen-bond donors (Lipinski definition) is 0. The van der Waals surface area contributed by atoms with E-state index in [1.807, 2.05) is 0 Å². The zero-order valence-corrected chi connectivity index (χ0v) is 25.6. The van der Waals surface area contributed by atoms with Gasteiger partial charge in [-0.25, -0.2) is 9.97 Å². The first-order valence-corrected chi connectivity index (χ1v) is 15.9. The molecule has 46 heavy (non-hydrogen) atoms. The molecule has 2 aromatic heterocycles. The monoisotopic (exact) mass is 587 g/mol. The smallest absolute Gasteiger partial charge is 0.235 e. The molecular formula is C43H29N3. The van der Waals surface area contributed by atoms with Crippen molar-refractivity contribution in [2.75, 3.05) is 0 Å². The summed E-state index contributed by atoms with van der Waals surface area (Å²) in [6.45, 7) is 4.71. The number of fused-ring (bicyclic) bond motifs is 8. The molecule has 3 heteroatoms. The molecule has 0 fully saturated rings. The van der Waals surface area contributed by atoms with Gasteiger partial charge in [0, 0.05) is 32.7 Å². The lowest BCUT2D eigenvalue weighted by atomic mass is 9.68. The SMILES string of the molecule is CC1(C)c2ccccc2-c2c3c1cccc3cc1c3ccccc3n(-c3nc(-c4ccc5ccccc5c4)c4ccccc4n3)c21. The third-order valence-corrected chi connectivity index (χ3v) is 10.2. The summed E-state index contributed by atoms with van der Waals surface area (Å²) in [5.41, 5.74) is 10.3. The van der Waals surface area contributed by atoms with E-state index in [2.05, 4.69) is 158 Å². The summed E-state index contributed by atoms with van der Waals surface area (Å²) in [5.74, 6) is 0.684. The van der Waals surface area contributed by atoms with E-state index >= 15 is 0 Å². The summed E-state index contributed by atoms with van der Waals surface area (Å²) in [6.07, 6.45) is 0. The molecule has 0 N–H and O–H groups in total. The minimum atomic E-state index is -0.129. The van der Waals surface area contributed by atoms with Crippen LogP contribution in [0.5, 0.6) is 0 Å². The van der Waals surface area contributed by atoms with E-state index in [9.17, 15) is 0 Å². The van der Waals surface area contributed by atoms with E-state index in [0.29, 0.717) is 5.95 Å². The summed E-state index contributed by atoms with van der Waals surface area (Å²) in [6, 6.07) is 50.3. The highest BCUT2D eigenvalue weighted by Gasteiger charge is 2.35. The van der Waals surface area contributed by atoms with E-state index in [1.165, 1.54) is 54.6 Å². The van der Waals surface area contributed by atoms with Crippen molar-refractivity contribution in [3.63, 3.8) is 0 Å². The van der Waals surface area contributed by atoms with Crippen LogP contribution in [0.1, 0.15) is 25.0 Å². The van der Waals surface area contributed by atoms with E-state index in [0.717, 1.165) is 33.2 Å². The van der Waals surface area contributed by atoms with Crippen molar-refractivity contribution in [1.29, 1.82) is 0 Å². The summed E-state index contributed by atoms with van der Waals surface area (Å²) in [5, 5.41) is 8.46. The molecule has 7 aromatic carbocycles. The topological polar surface area (TPSA) is 30.7 Å². The highest BCUT2D eigenvalue weighted by Crippen LogP contribution is 2.52. The molecule has 0 amide bonds. The van der Waals surface area contributed by atoms with Crippen molar-refractivity contribution in [2.24, 2.45) is 0 Å². The largest absolute Gasteiger partial charge is 0.277 e. The number of benzene rings is 7. The second kappa shape index (κ2) is 9.12. The molecule has 216 valence electrons. The van der Waals surface area contributed by atoms with Crippen LogP contribution in [0.4, 0.5) is 0 Å². The van der Waals surface area contributed by atoms with Crippen LogP contribution in [0.15, 0.2) is 140 Å². The first kappa shape index (κ1) is 25.5. The van der Waals surface area contributed by atoms with Crippen LogP contribution in [0.3, 0.4) is 0 Å². The molecule has 0 saturated carbocycles. The molecular weight excluding hydrogens is 558 g/mol. The maximum absolute atomic E-state index is 5.45. The van der Waals surface area contributed by atoms with Gasteiger partial charge in [-0.2, -0.15) is 0 Å². The van der Waals surface area contributed by atoms with Gasteiger partial charge in [-0.15, -0.1) is 0 Å². The van der Waals surface area contributed by atoms with Gasteiger partial charge in [0.2, 0.25) is 5.95 Å². The van der Waals surface area contributed by atoms with Gasteiger partial charge >= 0.3 is 0 Å². The normalized spacial score (nSPS) is 13.6. The van der Waals surface area contributed by atoms with Crippen LogP contribution >= 0.6 is 0 Å². The molecule has 1 aliphatic carbocycles. The van der Waals surface area contributed by atoms with Crippen LogP contribution in [0.25, 0.3) is 82.6 Å². The Labute approximate surface area is 266 Å². The highest BCUT2D eigenvalue weighted by molar-refractivity contribution is 6.23. The zero-order valence-electron chi connectivity index (χ0n) is 25.6. The number of nitrogens with zero attached hydrogens (tertiary/aromatic N) is 3. The average Bonchev–Trinajstić information content (AvgIpc) is 3.43. The Kier molecular flexibility index (Phi) is 5.06. The summed E-state index contributed by atoms with van der Waals surface area (Å²) >= 11 is 0. The third-order valence-electron chi connectivity index (χ3n) is 10.2. The number of aromatic nitrogens is 3. The molecule has 0 radical (unpaired) electrons. The van der Waals surface area contributed by atoms with Crippen molar-refractivity contribution in [3.8, 4) is 28.3 Å². The van der Waals surface area contributed by atoms with Crippen molar-refractivity contribution in [3.05, 3.63) is 151 Å². The predicted octanol–water partition coefficient (Wildman–Crippen LogP) is 11.0. The maximum Gasteiger partial charge on any atom is 0.235 e. The van der Waals surface area contributed by atoms with Crippen LogP contribution in [0.2, 0.25) is 0 Å². The van der Waals surface area contributed by atoms with Crippen LogP contribution in [-0.2, 0) is 5.41 Å². The molecule has 0 unspecified atom stereocenters. The van der Waals surface area contributed by atoms with Gasteiger partial charge in [0.05, 0.1) is 22.2 Å². The second-order valence-electron chi connectivity index (χ2n) is 13.0. The lowest BCUT2D eigenvalue weighted by Crippen LogP contribution is -2.23. The van der Waals surface area contributed by atoms with E-state index < -0.39 is 0 Å². The fourth-order valence-electron chi connectivity index (χ4n) is 8.00. The summed E-state index contributed by atoms with van der Waals surface area (Å²) in [7, 11) is 0. The van der Waals surface area contributed by atoms with Gasteiger partial charge in [0.15, 0.2) is 0 Å². The second-order valence-corrected chi connectivity index (χ2v) is 13.0. The van der Waals surface area contributed by atoms with Gasteiger partial charge in [0.1, 0.15) is 0 Å². The Morgan fingerprint density at radius 3 is 2.17 bits per heavy atom. The Hall–Kier alpha value is -5.80. The molecule has 0 atom stereocenters. The van der Waals surface area contributed by atoms with Gasteiger partial charge < -0.3 is 0 Å². The Morgan fingerprint density at radius 2 is 1.26 bits per heavy atom. The molecule has 9 aromatic rings. The number of para-hydroxylation sites is 2. The summed E-state index contributed by atoms with van der Waals surface area (Å²) in [4.78, 5) is 10.8. The molecule has 0 saturated heterocycles. The summed E-state index contributed by atoms with van der Waals surface area (Å²) < 4.78 is 2.32. The third kappa shape index (κ3) is 3.37. The van der Waals surface area contributed by atoms with Gasteiger partial charge in [-0.05, 0) is 62.5 Å². The first-order valence-electron chi connectivity index (χ1n) is 15.9. The van der Waals surface area contributed by atoms with E-state index in [4.69, 9.17) is 9.97 Å². The minimum Gasteiger partial charge on any atom is -0.277 e. The molecule has 0 aliphatic heterocycles. The maximum atomic E-state index is 5.45. The molecule has 0 spiro atoms. The molecule has 3 nitrogen and oxygen atoms in total. The molecule has 2 heterocycles. The molecule has 10 rings (SSSR count). The standard InChI is InChI=1S/C43H29N3/c1-43(2)34-18-8-5-16-31(34)39-38-28(14-11-19-35(38)43)25-33-30-15-7-10-21-37(30)46(41(33)39)42-44-36-20-9-6-17-32(36)40(45-42)29-23-22-26-12-3-4-13-27(26)24-29/h3-25H,1-2H3. The fraction of sp³-hybridized carbons (Fsp3) is 0.0698. The lowest BCUT2D eigenvalue weighted by molar-refractivity contribution is 0.645.